The molecule has 4 heteroatoms. The number of rotatable bonds is 2. The summed E-state index contributed by atoms with van der Waals surface area (Å²) in [5.41, 5.74) is 0. The SMILES string of the molecule is COC(C)c1ncncn1. The average molecular weight is 139 g/mol. The van der Waals surface area contributed by atoms with E-state index in [-0.39, 0.29) is 6.10 Å². The summed E-state index contributed by atoms with van der Waals surface area (Å²) in [5.74, 6) is 0.664. The number of ether oxygens (including phenoxy) is 1. The molecule has 0 spiro atoms. The Hall–Kier alpha value is -1.03. The number of nitrogens with zero attached hydrogens (tertiary/aromatic N) is 3. The van der Waals surface area contributed by atoms with Crippen molar-refractivity contribution in [2.75, 3.05) is 7.11 Å². The molecule has 0 fully saturated rings. The molecule has 0 radical (unpaired) electrons. The van der Waals surface area contributed by atoms with Gasteiger partial charge in [0.15, 0.2) is 5.82 Å². The normalized spacial score (nSPS) is 13.0. The molecule has 0 aliphatic carbocycles. The molecule has 1 atom stereocenters. The maximum Gasteiger partial charge on any atom is 0.160 e. The standard InChI is InChI=1S/C6H9N3O/c1-5(10-2)6-8-3-7-4-9-6/h3-5H,1-2H3. The van der Waals surface area contributed by atoms with Crippen LogP contribution in [0.5, 0.6) is 0 Å². The van der Waals surface area contributed by atoms with Crippen molar-refractivity contribution >= 4 is 0 Å². The first-order valence-electron chi connectivity index (χ1n) is 2.99. The Labute approximate surface area is 59.3 Å². The van der Waals surface area contributed by atoms with Gasteiger partial charge in [-0.25, -0.2) is 15.0 Å². The molecule has 0 saturated carbocycles. The van der Waals surface area contributed by atoms with E-state index in [0.717, 1.165) is 0 Å². The lowest BCUT2D eigenvalue weighted by molar-refractivity contribution is 0.112. The van der Waals surface area contributed by atoms with E-state index in [1.807, 2.05) is 6.92 Å². The van der Waals surface area contributed by atoms with Crippen LogP contribution in [0.1, 0.15) is 18.9 Å². The Balaban J connectivity index is 2.75. The highest BCUT2D eigenvalue weighted by Crippen LogP contribution is 2.06. The fourth-order valence-electron chi connectivity index (χ4n) is 0.563. The van der Waals surface area contributed by atoms with Gasteiger partial charge in [-0.1, -0.05) is 0 Å². The molecule has 0 amide bonds. The predicted octanol–water partition coefficient (Wildman–Crippen LogP) is 0.579. The molecule has 0 saturated heterocycles. The second-order valence-electron chi connectivity index (χ2n) is 1.87. The summed E-state index contributed by atoms with van der Waals surface area (Å²) in [7, 11) is 1.62. The van der Waals surface area contributed by atoms with Gasteiger partial charge in [0.1, 0.15) is 18.8 Å². The minimum Gasteiger partial charge on any atom is -0.374 e. The summed E-state index contributed by atoms with van der Waals surface area (Å²) in [5, 5.41) is 0. The van der Waals surface area contributed by atoms with Gasteiger partial charge in [-0.15, -0.1) is 0 Å². The van der Waals surface area contributed by atoms with Crippen LogP contribution in [0.2, 0.25) is 0 Å². The van der Waals surface area contributed by atoms with Crippen LogP contribution in [0.15, 0.2) is 12.7 Å². The zero-order valence-corrected chi connectivity index (χ0v) is 5.98. The van der Waals surface area contributed by atoms with E-state index in [1.165, 1.54) is 12.7 Å². The zero-order chi connectivity index (χ0) is 7.40. The van der Waals surface area contributed by atoms with Crippen molar-refractivity contribution in [2.45, 2.75) is 13.0 Å². The molecule has 54 valence electrons. The van der Waals surface area contributed by atoms with Gasteiger partial charge in [0.05, 0.1) is 0 Å². The third-order valence-electron chi connectivity index (χ3n) is 1.23. The summed E-state index contributed by atoms with van der Waals surface area (Å²) in [4.78, 5) is 11.5. The number of hydrogen-bond donors (Lipinski definition) is 0. The van der Waals surface area contributed by atoms with Gasteiger partial charge in [-0.05, 0) is 6.92 Å². The minimum atomic E-state index is -0.0528. The Morgan fingerprint density at radius 2 is 2.00 bits per heavy atom. The largest absolute Gasteiger partial charge is 0.374 e. The fraction of sp³-hybridized carbons (Fsp3) is 0.500. The Morgan fingerprint density at radius 3 is 2.50 bits per heavy atom. The van der Waals surface area contributed by atoms with Crippen LogP contribution < -0.4 is 0 Å². The van der Waals surface area contributed by atoms with Crippen LogP contribution in [0.4, 0.5) is 0 Å². The van der Waals surface area contributed by atoms with Crippen LogP contribution in [0.25, 0.3) is 0 Å². The van der Waals surface area contributed by atoms with E-state index in [0.29, 0.717) is 5.82 Å². The molecule has 0 aliphatic heterocycles. The van der Waals surface area contributed by atoms with Crippen molar-refractivity contribution in [3.63, 3.8) is 0 Å². The van der Waals surface area contributed by atoms with Crippen LogP contribution in [0.3, 0.4) is 0 Å². The molecule has 0 N–H and O–H groups in total. The molecule has 0 aliphatic rings. The van der Waals surface area contributed by atoms with E-state index in [4.69, 9.17) is 4.74 Å². The van der Waals surface area contributed by atoms with Gasteiger partial charge in [0.2, 0.25) is 0 Å². The summed E-state index contributed by atoms with van der Waals surface area (Å²) in [6.45, 7) is 1.88. The lowest BCUT2D eigenvalue weighted by atomic mass is 10.4. The van der Waals surface area contributed by atoms with Gasteiger partial charge in [-0.2, -0.15) is 0 Å². The second kappa shape index (κ2) is 3.22. The highest BCUT2D eigenvalue weighted by Gasteiger charge is 2.03. The lowest BCUT2D eigenvalue weighted by Gasteiger charge is -2.04. The number of aromatic nitrogens is 3. The topological polar surface area (TPSA) is 47.9 Å². The molecule has 0 aromatic carbocycles. The van der Waals surface area contributed by atoms with Crippen molar-refractivity contribution in [2.24, 2.45) is 0 Å². The van der Waals surface area contributed by atoms with Crippen LogP contribution in [-0.2, 0) is 4.74 Å². The first-order valence-corrected chi connectivity index (χ1v) is 2.99. The van der Waals surface area contributed by atoms with Crippen molar-refractivity contribution in [3.8, 4) is 0 Å². The summed E-state index contributed by atoms with van der Waals surface area (Å²) < 4.78 is 4.98. The Bertz CT molecular complexity index is 189. The van der Waals surface area contributed by atoms with E-state index in [9.17, 15) is 0 Å². The zero-order valence-electron chi connectivity index (χ0n) is 5.98. The average Bonchev–Trinajstić information content (AvgIpc) is 2.05. The van der Waals surface area contributed by atoms with Crippen molar-refractivity contribution < 1.29 is 4.74 Å². The maximum absolute atomic E-state index is 4.98. The van der Waals surface area contributed by atoms with Gasteiger partial charge >= 0.3 is 0 Å². The van der Waals surface area contributed by atoms with Crippen molar-refractivity contribution in [1.82, 2.24) is 15.0 Å². The van der Waals surface area contributed by atoms with Crippen molar-refractivity contribution in [3.05, 3.63) is 18.5 Å². The monoisotopic (exact) mass is 139 g/mol. The lowest BCUT2D eigenvalue weighted by Crippen LogP contribution is -2.01. The third kappa shape index (κ3) is 1.48. The molecule has 4 nitrogen and oxygen atoms in total. The van der Waals surface area contributed by atoms with E-state index >= 15 is 0 Å². The first kappa shape index (κ1) is 7.08. The molecule has 1 unspecified atom stereocenters. The van der Waals surface area contributed by atoms with Gasteiger partial charge in [0.25, 0.3) is 0 Å². The first-order chi connectivity index (χ1) is 4.84. The third-order valence-corrected chi connectivity index (χ3v) is 1.23. The Morgan fingerprint density at radius 1 is 1.40 bits per heavy atom. The molecule has 1 heterocycles. The molecule has 1 rings (SSSR count). The number of hydrogen-bond acceptors (Lipinski definition) is 4. The van der Waals surface area contributed by atoms with Crippen LogP contribution in [-0.4, -0.2) is 22.1 Å². The van der Waals surface area contributed by atoms with Gasteiger partial charge < -0.3 is 4.74 Å². The fourth-order valence-corrected chi connectivity index (χ4v) is 0.563. The van der Waals surface area contributed by atoms with Crippen LogP contribution in [0, 0.1) is 0 Å². The minimum absolute atomic E-state index is 0.0528. The number of methoxy groups -OCH3 is 1. The van der Waals surface area contributed by atoms with Gasteiger partial charge in [-0.3, -0.25) is 0 Å². The predicted molar refractivity (Wildman–Crippen MR) is 35.3 cm³/mol. The molecule has 1 aromatic rings. The Kier molecular flexibility index (Phi) is 2.28. The molecular weight excluding hydrogens is 130 g/mol. The van der Waals surface area contributed by atoms with Crippen LogP contribution >= 0.6 is 0 Å². The van der Waals surface area contributed by atoms with Gasteiger partial charge in [0, 0.05) is 7.11 Å². The highest BCUT2D eigenvalue weighted by molar-refractivity contribution is 4.85. The smallest absolute Gasteiger partial charge is 0.160 e. The second-order valence-corrected chi connectivity index (χ2v) is 1.87. The summed E-state index contributed by atoms with van der Waals surface area (Å²) in [6.07, 6.45) is 2.86. The van der Waals surface area contributed by atoms with Crippen molar-refractivity contribution in [1.29, 1.82) is 0 Å². The van der Waals surface area contributed by atoms with E-state index < -0.39 is 0 Å². The molecule has 1 aromatic heterocycles. The molecular formula is C6H9N3O. The summed E-state index contributed by atoms with van der Waals surface area (Å²) in [6, 6.07) is 0. The van der Waals surface area contributed by atoms with E-state index in [1.54, 1.807) is 7.11 Å². The summed E-state index contributed by atoms with van der Waals surface area (Å²) >= 11 is 0. The highest BCUT2D eigenvalue weighted by atomic mass is 16.5. The maximum atomic E-state index is 4.98. The molecule has 0 bridgehead atoms. The quantitative estimate of drug-likeness (QED) is 0.601. The van der Waals surface area contributed by atoms with E-state index in [2.05, 4.69) is 15.0 Å². The molecule has 10 heavy (non-hydrogen) atoms.